The van der Waals surface area contributed by atoms with Crippen LogP contribution in [-0.4, -0.2) is 11.6 Å². The lowest BCUT2D eigenvalue weighted by Crippen LogP contribution is -2.55. The first-order valence-corrected chi connectivity index (χ1v) is 7.45. The summed E-state index contributed by atoms with van der Waals surface area (Å²) < 4.78 is 0. The van der Waals surface area contributed by atoms with Gasteiger partial charge in [-0.05, 0) is 62.2 Å². The second-order valence-corrected chi connectivity index (χ2v) is 7.23. The Morgan fingerprint density at radius 3 is 2.12 bits per heavy atom. The SMILES string of the molecule is CC1CC(C)CC(C2(N)CCC(N)C(C)C2)C1. The maximum absolute atomic E-state index is 6.76. The van der Waals surface area contributed by atoms with E-state index in [4.69, 9.17) is 11.5 Å². The molecule has 100 valence electrons. The highest BCUT2D eigenvalue weighted by atomic mass is 14.8. The molecule has 4 N–H and O–H groups in total. The van der Waals surface area contributed by atoms with Crippen molar-refractivity contribution in [2.75, 3.05) is 0 Å². The van der Waals surface area contributed by atoms with E-state index in [1.807, 2.05) is 0 Å². The highest BCUT2D eigenvalue weighted by Crippen LogP contribution is 2.44. The zero-order valence-corrected chi connectivity index (χ0v) is 11.8. The fourth-order valence-corrected chi connectivity index (χ4v) is 4.36. The summed E-state index contributed by atoms with van der Waals surface area (Å²) in [5.74, 6) is 3.04. The molecule has 2 heteroatoms. The van der Waals surface area contributed by atoms with Crippen molar-refractivity contribution in [1.82, 2.24) is 0 Å². The topological polar surface area (TPSA) is 52.0 Å². The molecule has 5 unspecified atom stereocenters. The predicted octanol–water partition coefficient (Wildman–Crippen LogP) is 2.90. The highest BCUT2D eigenvalue weighted by Gasteiger charge is 2.43. The van der Waals surface area contributed by atoms with Crippen LogP contribution in [0, 0.1) is 23.7 Å². The third kappa shape index (κ3) is 2.85. The molecule has 2 saturated carbocycles. The van der Waals surface area contributed by atoms with Crippen LogP contribution >= 0.6 is 0 Å². The molecule has 0 aromatic carbocycles. The summed E-state index contributed by atoms with van der Waals surface area (Å²) in [6.07, 6.45) is 7.46. The molecule has 2 rings (SSSR count). The Labute approximate surface area is 107 Å². The van der Waals surface area contributed by atoms with Gasteiger partial charge in [-0.1, -0.05) is 20.8 Å². The molecule has 0 amide bonds. The first kappa shape index (κ1) is 13.4. The van der Waals surface area contributed by atoms with E-state index in [-0.39, 0.29) is 5.54 Å². The van der Waals surface area contributed by atoms with Crippen LogP contribution in [0.5, 0.6) is 0 Å². The molecule has 2 fully saturated rings. The van der Waals surface area contributed by atoms with Crippen LogP contribution in [0.25, 0.3) is 0 Å². The van der Waals surface area contributed by atoms with Crippen molar-refractivity contribution in [2.45, 2.75) is 70.9 Å². The Balaban J connectivity index is 2.04. The average Bonchev–Trinajstić information content (AvgIpc) is 2.23. The van der Waals surface area contributed by atoms with Crippen molar-refractivity contribution in [1.29, 1.82) is 0 Å². The van der Waals surface area contributed by atoms with E-state index in [1.165, 1.54) is 19.3 Å². The lowest BCUT2D eigenvalue weighted by Gasteiger charge is -2.48. The lowest BCUT2D eigenvalue weighted by molar-refractivity contribution is 0.0804. The number of nitrogens with two attached hydrogens (primary N) is 2. The van der Waals surface area contributed by atoms with Gasteiger partial charge in [0.1, 0.15) is 0 Å². The quantitative estimate of drug-likeness (QED) is 0.738. The largest absolute Gasteiger partial charge is 0.327 e. The highest BCUT2D eigenvalue weighted by molar-refractivity contribution is 5.00. The van der Waals surface area contributed by atoms with Crippen molar-refractivity contribution in [2.24, 2.45) is 35.1 Å². The van der Waals surface area contributed by atoms with Crippen molar-refractivity contribution in [3.63, 3.8) is 0 Å². The molecule has 5 atom stereocenters. The molecule has 0 aromatic rings. The first-order chi connectivity index (χ1) is 7.90. The Bertz CT molecular complexity index is 256. The summed E-state index contributed by atoms with van der Waals surface area (Å²) in [6, 6.07) is 0.380. The second-order valence-electron chi connectivity index (χ2n) is 7.23. The summed E-state index contributed by atoms with van der Waals surface area (Å²) in [7, 11) is 0. The molecule has 0 spiro atoms. The molecule has 0 saturated heterocycles. The maximum atomic E-state index is 6.76. The molecule has 0 aliphatic heterocycles. The van der Waals surface area contributed by atoms with E-state index in [1.54, 1.807) is 0 Å². The molecule has 2 aliphatic carbocycles. The van der Waals surface area contributed by atoms with Crippen molar-refractivity contribution < 1.29 is 0 Å². The van der Waals surface area contributed by atoms with Gasteiger partial charge < -0.3 is 11.5 Å². The van der Waals surface area contributed by atoms with E-state index in [0.717, 1.165) is 37.0 Å². The Morgan fingerprint density at radius 1 is 1.00 bits per heavy atom. The van der Waals surface area contributed by atoms with Gasteiger partial charge >= 0.3 is 0 Å². The molecular formula is C15H30N2. The minimum absolute atomic E-state index is 0.0816. The zero-order chi connectivity index (χ0) is 12.6. The van der Waals surface area contributed by atoms with Gasteiger partial charge in [-0.15, -0.1) is 0 Å². The molecular weight excluding hydrogens is 208 g/mol. The number of rotatable bonds is 1. The zero-order valence-electron chi connectivity index (χ0n) is 11.8. The third-order valence-electron chi connectivity index (χ3n) is 5.37. The summed E-state index contributed by atoms with van der Waals surface area (Å²) >= 11 is 0. The fraction of sp³-hybridized carbons (Fsp3) is 1.00. The Morgan fingerprint density at radius 2 is 1.59 bits per heavy atom. The van der Waals surface area contributed by atoms with Crippen LogP contribution in [0.3, 0.4) is 0 Å². The van der Waals surface area contributed by atoms with Crippen molar-refractivity contribution >= 4 is 0 Å². The van der Waals surface area contributed by atoms with E-state index >= 15 is 0 Å². The van der Waals surface area contributed by atoms with Crippen molar-refractivity contribution in [3.05, 3.63) is 0 Å². The molecule has 2 nitrogen and oxygen atoms in total. The van der Waals surface area contributed by atoms with Crippen LogP contribution in [-0.2, 0) is 0 Å². The van der Waals surface area contributed by atoms with Gasteiger partial charge in [0.25, 0.3) is 0 Å². The van der Waals surface area contributed by atoms with Crippen LogP contribution in [0.4, 0.5) is 0 Å². The summed E-state index contributed by atoms with van der Waals surface area (Å²) in [5, 5.41) is 0. The van der Waals surface area contributed by atoms with Gasteiger partial charge in [0, 0.05) is 11.6 Å². The van der Waals surface area contributed by atoms with E-state index in [9.17, 15) is 0 Å². The van der Waals surface area contributed by atoms with Crippen LogP contribution < -0.4 is 11.5 Å². The fourth-order valence-electron chi connectivity index (χ4n) is 4.36. The standard InChI is InChI=1S/C15H30N2/c1-10-6-11(2)8-13(7-10)15(17)5-4-14(16)12(3)9-15/h10-14H,4-9,16-17H2,1-3H3. The molecule has 0 heterocycles. The van der Waals surface area contributed by atoms with E-state index in [2.05, 4.69) is 20.8 Å². The summed E-state index contributed by atoms with van der Waals surface area (Å²) in [6.45, 7) is 7.06. The van der Waals surface area contributed by atoms with Crippen LogP contribution in [0.2, 0.25) is 0 Å². The molecule has 0 radical (unpaired) electrons. The van der Waals surface area contributed by atoms with Gasteiger partial charge in [-0.25, -0.2) is 0 Å². The number of hydrogen-bond donors (Lipinski definition) is 2. The predicted molar refractivity (Wildman–Crippen MR) is 73.6 cm³/mol. The minimum Gasteiger partial charge on any atom is -0.327 e. The van der Waals surface area contributed by atoms with Gasteiger partial charge in [-0.2, -0.15) is 0 Å². The minimum atomic E-state index is 0.0816. The smallest absolute Gasteiger partial charge is 0.0186 e. The third-order valence-corrected chi connectivity index (χ3v) is 5.37. The van der Waals surface area contributed by atoms with Crippen LogP contribution in [0.1, 0.15) is 59.3 Å². The molecule has 17 heavy (non-hydrogen) atoms. The van der Waals surface area contributed by atoms with Gasteiger partial charge in [-0.3, -0.25) is 0 Å². The summed E-state index contributed by atoms with van der Waals surface area (Å²) in [4.78, 5) is 0. The average molecular weight is 238 g/mol. The van der Waals surface area contributed by atoms with E-state index < -0.39 is 0 Å². The second kappa shape index (κ2) is 4.89. The summed E-state index contributed by atoms with van der Waals surface area (Å²) in [5.41, 5.74) is 13.0. The van der Waals surface area contributed by atoms with Crippen LogP contribution in [0.15, 0.2) is 0 Å². The van der Waals surface area contributed by atoms with Gasteiger partial charge in [0.05, 0.1) is 0 Å². The molecule has 0 aromatic heterocycles. The van der Waals surface area contributed by atoms with Crippen molar-refractivity contribution in [3.8, 4) is 0 Å². The maximum Gasteiger partial charge on any atom is 0.0186 e. The normalized spacial score (nSPS) is 52.4. The molecule has 2 aliphatic rings. The lowest BCUT2D eigenvalue weighted by atomic mass is 9.61. The Kier molecular flexibility index (Phi) is 3.84. The number of hydrogen-bond acceptors (Lipinski definition) is 2. The van der Waals surface area contributed by atoms with E-state index in [0.29, 0.717) is 12.0 Å². The Hall–Kier alpha value is -0.0800. The first-order valence-electron chi connectivity index (χ1n) is 7.45. The monoisotopic (exact) mass is 238 g/mol. The van der Waals surface area contributed by atoms with Gasteiger partial charge in [0.15, 0.2) is 0 Å². The van der Waals surface area contributed by atoms with Gasteiger partial charge in [0.2, 0.25) is 0 Å². The molecule has 0 bridgehead atoms.